The highest BCUT2D eigenvalue weighted by molar-refractivity contribution is 5.68. The van der Waals surface area contributed by atoms with E-state index >= 15 is 0 Å². The van der Waals surface area contributed by atoms with Gasteiger partial charge in [0.05, 0.1) is 12.2 Å². The van der Waals surface area contributed by atoms with Crippen molar-refractivity contribution >= 4 is 11.5 Å². The van der Waals surface area contributed by atoms with Gasteiger partial charge in [-0.1, -0.05) is 6.92 Å². The number of anilines is 2. The average Bonchev–Trinajstić information content (AvgIpc) is 2.46. The fourth-order valence-electron chi connectivity index (χ4n) is 2.49. The highest BCUT2D eigenvalue weighted by Crippen LogP contribution is 2.33. The Morgan fingerprint density at radius 3 is 2.95 bits per heavy atom. The van der Waals surface area contributed by atoms with Gasteiger partial charge in [0, 0.05) is 20.2 Å². The third-order valence-corrected chi connectivity index (χ3v) is 3.72. The van der Waals surface area contributed by atoms with Crippen molar-refractivity contribution in [3.05, 3.63) is 6.33 Å². The quantitative estimate of drug-likeness (QED) is 0.887. The molecule has 1 aliphatic heterocycles. The van der Waals surface area contributed by atoms with E-state index in [0.29, 0.717) is 18.2 Å². The van der Waals surface area contributed by atoms with E-state index in [1.54, 1.807) is 7.11 Å². The van der Waals surface area contributed by atoms with Crippen molar-refractivity contribution in [1.82, 2.24) is 9.97 Å². The minimum atomic E-state index is -0.153. The molecule has 2 rings (SSSR count). The summed E-state index contributed by atoms with van der Waals surface area (Å²) in [5.74, 6) is 1.22. The van der Waals surface area contributed by atoms with E-state index in [4.69, 9.17) is 15.2 Å². The maximum absolute atomic E-state index is 6.15. The highest BCUT2D eigenvalue weighted by Gasteiger charge is 2.32. The van der Waals surface area contributed by atoms with E-state index in [1.807, 2.05) is 6.92 Å². The smallest absolute Gasteiger partial charge is 0.242 e. The van der Waals surface area contributed by atoms with Crippen LogP contribution in [0.15, 0.2) is 6.33 Å². The van der Waals surface area contributed by atoms with Crippen LogP contribution in [0.2, 0.25) is 0 Å². The van der Waals surface area contributed by atoms with Gasteiger partial charge in [-0.2, -0.15) is 4.98 Å². The van der Waals surface area contributed by atoms with Crippen LogP contribution >= 0.6 is 0 Å². The van der Waals surface area contributed by atoms with Crippen LogP contribution in [0.5, 0.6) is 5.88 Å². The Morgan fingerprint density at radius 2 is 2.25 bits per heavy atom. The van der Waals surface area contributed by atoms with Gasteiger partial charge in [-0.05, 0) is 26.2 Å². The molecule has 1 aromatic heterocycles. The molecule has 20 heavy (non-hydrogen) atoms. The Morgan fingerprint density at radius 1 is 1.45 bits per heavy atom. The fourth-order valence-corrected chi connectivity index (χ4v) is 2.49. The number of hydrogen-bond donors (Lipinski definition) is 1. The third kappa shape index (κ3) is 3.12. The van der Waals surface area contributed by atoms with Crippen LogP contribution in [0.1, 0.15) is 33.1 Å². The Labute approximate surface area is 120 Å². The summed E-state index contributed by atoms with van der Waals surface area (Å²) >= 11 is 0. The summed E-state index contributed by atoms with van der Waals surface area (Å²) in [6, 6.07) is 0. The van der Waals surface area contributed by atoms with Crippen molar-refractivity contribution in [1.29, 1.82) is 0 Å². The second-order valence-electron chi connectivity index (χ2n) is 5.44. The van der Waals surface area contributed by atoms with Crippen molar-refractivity contribution in [2.24, 2.45) is 0 Å². The van der Waals surface area contributed by atoms with Gasteiger partial charge in [0.1, 0.15) is 12.0 Å². The lowest BCUT2D eigenvalue weighted by molar-refractivity contribution is -0.00479. The standard InChI is InChI=1S/C14H24N4O2/c1-4-8-20-13-11(15)12(16-10-17-13)18-7-5-6-14(2,9-18)19-3/h10H,4-9,15H2,1-3H3. The zero-order valence-corrected chi connectivity index (χ0v) is 12.6. The van der Waals surface area contributed by atoms with Crippen molar-refractivity contribution in [3.8, 4) is 5.88 Å². The summed E-state index contributed by atoms with van der Waals surface area (Å²) < 4.78 is 11.2. The van der Waals surface area contributed by atoms with E-state index < -0.39 is 0 Å². The molecule has 6 heteroatoms. The first kappa shape index (κ1) is 14.8. The summed E-state index contributed by atoms with van der Waals surface area (Å²) in [5.41, 5.74) is 6.51. The predicted molar refractivity (Wildman–Crippen MR) is 79.1 cm³/mol. The molecule has 6 nitrogen and oxygen atoms in total. The fraction of sp³-hybridized carbons (Fsp3) is 0.714. The molecule has 0 saturated carbocycles. The van der Waals surface area contributed by atoms with Crippen LogP contribution in [0.4, 0.5) is 11.5 Å². The Bertz CT molecular complexity index is 455. The summed E-state index contributed by atoms with van der Waals surface area (Å²) in [6.45, 7) is 6.47. The molecule has 0 aliphatic carbocycles. The Kier molecular flexibility index (Phi) is 4.65. The van der Waals surface area contributed by atoms with E-state index in [-0.39, 0.29) is 5.60 Å². The lowest BCUT2D eigenvalue weighted by Crippen LogP contribution is -2.48. The number of piperidine rings is 1. The summed E-state index contributed by atoms with van der Waals surface area (Å²) in [4.78, 5) is 10.6. The van der Waals surface area contributed by atoms with Crippen molar-refractivity contribution in [2.75, 3.05) is 37.4 Å². The lowest BCUT2D eigenvalue weighted by Gasteiger charge is -2.40. The minimum Gasteiger partial charge on any atom is -0.476 e. The number of hydrogen-bond acceptors (Lipinski definition) is 6. The van der Waals surface area contributed by atoms with Crippen LogP contribution < -0.4 is 15.4 Å². The van der Waals surface area contributed by atoms with Gasteiger partial charge < -0.3 is 20.1 Å². The molecule has 1 aromatic rings. The van der Waals surface area contributed by atoms with Crippen LogP contribution in [0.3, 0.4) is 0 Å². The minimum absolute atomic E-state index is 0.153. The monoisotopic (exact) mass is 280 g/mol. The van der Waals surface area contributed by atoms with Gasteiger partial charge in [-0.15, -0.1) is 0 Å². The molecule has 2 N–H and O–H groups in total. The molecular formula is C14H24N4O2. The number of rotatable bonds is 5. The van der Waals surface area contributed by atoms with E-state index in [1.165, 1.54) is 6.33 Å². The lowest BCUT2D eigenvalue weighted by atomic mass is 9.95. The second-order valence-corrected chi connectivity index (χ2v) is 5.44. The number of methoxy groups -OCH3 is 1. The van der Waals surface area contributed by atoms with E-state index in [0.717, 1.165) is 38.2 Å². The van der Waals surface area contributed by atoms with Gasteiger partial charge in [0.2, 0.25) is 5.88 Å². The topological polar surface area (TPSA) is 73.5 Å². The molecule has 2 heterocycles. The van der Waals surface area contributed by atoms with Crippen LogP contribution in [0, 0.1) is 0 Å². The first-order valence-electron chi connectivity index (χ1n) is 7.13. The number of nitrogen functional groups attached to an aromatic ring is 1. The molecule has 1 aliphatic rings. The molecular weight excluding hydrogens is 256 g/mol. The number of nitrogens with zero attached hydrogens (tertiary/aromatic N) is 3. The molecule has 1 saturated heterocycles. The normalized spacial score (nSPS) is 22.9. The van der Waals surface area contributed by atoms with Crippen LogP contribution in [-0.4, -0.2) is 42.4 Å². The molecule has 0 bridgehead atoms. The molecule has 0 amide bonds. The molecule has 1 fully saturated rings. The molecule has 1 unspecified atom stereocenters. The predicted octanol–water partition coefficient (Wildman–Crippen LogP) is 1.85. The van der Waals surface area contributed by atoms with E-state index in [9.17, 15) is 0 Å². The second kappa shape index (κ2) is 6.26. The summed E-state index contributed by atoms with van der Waals surface area (Å²) in [5, 5.41) is 0. The Hall–Kier alpha value is -1.56. The number of aromatic nitrogens is 2. The van der Waals surface area contributed by atoms with Crippen LogP contribution in [-0.2, 0) is 4.74 Å². The van der Waals surface area contributed by atoms with Gasteiger partial charge in [-0.25, -0.2) is 4.98 Å². The first-order valence-corrected chi connectivity index (χ1v) is 7.13. The van der Waals surface area contributed by atoms with Gasteiger partial charge in [-0.3, -0.25) is 0 Å². The van der Waals surface area contributed by atoms with E-state index in [2.05, 4.69) is 21.8 Å². The Balaban J connectivity index is 2.19. The number of nitrogens with two attached hydrogens (primary N) is 1. The molecule has 1 atom stereocenters. The third-order valence-electron chi connectivity index (χ3n) is 3.72. The summed E-state index contributed by atoms with van der Waals surface area (Å²) in [7, 11) is 1.75. The maximum atomic E-state index is 6.15. The summed E-state index contributed by atoms with van der Waals surface area (Å²) in [6.07, 6.45) is 4.53. The maximum Gasteiger partial charge on any atom is 0.242 e. The molecule has 112 valence electrons. The van der Waals surface area contributed by atoms with Crippen LogP contribution in [0.25, 0.3) is 0 Å². The first-order chi connectivity index (χ1) is 9.59. The van der Waals surface area contributed by atoms with Gasteiger partial charge >= 0.3 is 0 Å². The van der Waals surface area contributed by atoms with Crippen molar-refractivity contribution in [2.45, 2.75) is 38.7 Å². The number of ether oxygens (including phenoxy) is 2. The SMILES string of the molecule is CCCOc1ncnc(N2CCCC(C)(OC)C2)c1N. The average molecular weight is 280 g/mol. The van der Waals surface area contributed by atoms with Gasteiger partial charge in [0.25, 0.3) is 0 Å². The van der Waals surface area contributed by atoms with Crippen molar-refractivity contribution < 1.29 is 9.47 Å². The molecule has 0 spiro atoms. The highest BCUT2D eigenvalue weighted by atomic mass is 16.5. The molecule has 0 radical (unpaired) electrons. The molecule has 0 aromatic carbocycles. The largest absolute Gasteiger partial charge is 0.476 e. The van der Waals surface area contributed by atoms with Gasteiger partial charge in [0.15, 0.2) is 5.82 Å². The van der Waals surface area contributed by atoms with Crippen molar-refractivity contribution in [3.63, 3.8) is 0 Å². The zero-order valence-electron chi connectivity index (χ0n) is 12.6. The zero-order chi connectivity index (χ0) is 14.6.